The molecule has 0 spiro atoms. The molecule has 0 amide bonds. The van der Waals surface area contributed by atoms with Crippen molar-refractivity contribution in [2.45, 2.75) is 12.5 Å². The standard InChI is InChI=1S/C8H14N3O/c1-10-4-7(9)5-11(10)8-2-3-12-6-8/h4-5,8H,2-3,6,9H2,1H3/q+1. The molecule has 0 saturated carbocycles. The average molecular weight is 168 g/mol. The number of nitrogen functional groups attached to an aromatic ring is 1. The molecule has 2 rings (SSSR count). The molecule has 2 heterocycles. The van der Waals surface area contributed by atoms with E-state index in [4.69, 9.17) is 10.5 Å². The highest BCUT2D eigenvalue weighted by Crippen LogP contribution is 2.17. The minimum atomic E-state index is 0.465. The maximum Gasteiger partial charge on any atom is 0.218 e. The summed E-state index contributed by atoms with van der Waals surface area (Å²) >= 11 is 0. The van der Waals surface area contributed by atoms with Gasteiger partial charge in [-0.1, -0.05) is 0 Å². The van der Waals surface area contributed by atoms with E-state index in [1.54, 1.807) is 0 Å². The number of rotatable bonds is 1. The zero-order valence-electron chi connectivity index (χ0n) is 7.23. The molecule has 66 valence electrons. The maximum absolute atomic E-state index is 5.66. The summed E-state index contributed by atoms with van der Waals surface area (Å²) in [5.74, 6) is 0. The molecule has 0 bridgehead atoms. The van der Waals surface area contributed by atoms with E-state index >= 15 is 0 Å². The van der Waals surface area contributed by atoms with Crippen molar-refractivity contribution in [3.63, 3.8) is 0 Å². The third-order valence-corrected chi connectivity index (χ3v) is 2.26. The largest absolute Gasteiger partial charge is 0.392 e. The highest BCUT2D eigenvalue weighted by molar-refractivity contribution is 5.28. The highest BCUT2D eigenvalue weighted by Gasteiger charge is 2.23. The molecule has 0 radical (unpaired) electrons. The van der Waals surface area contributed by atoms with Crippen LogP contribution in [-0.4, -0.2) is 17.9 Å². The normalized spacial score (nSPS) is 23.2. The van der Waals surface area contributed by atoms with Gasteiger partial charge in [0.05, 0.1) is 12.8 Å². The molecule has 1 saturated heterocycles. The fraction of sp³-hybridized carbons (Fsp3) is 0.625. The Kier molecular flexibility index (Phi) is 1.77. The van der Waals surface area contributed by atoms with Crippen molar-refractivity contribution >= 4 is 5.69 Å². The second kappa shape index (κ2) is 2.79. The minimum Gasteiger partial charge on any atom is -0.392 e. The lowest BCUT2D eigenvalue weighted by Crippen LogP contribution is -2.40. The number of hydrogen-bond acceptors (Lipinski definition) is 2. The van der Waals surface area contributed by atoms with Crippen molar-refractivity contribution in [2.24, 2.45) is 7.05 Å². The van der Waals surface area contributed by atoms with Gasteiger partial charge in [0.15, 0.2) is 7.05 Å². The number of nitrogens with two attached hydrogens (primary N) is 1. The maximum atomic E-state index is 5.66. The molecule has 4 nitrogen and oxygen atoms in total. The van der Waals surface area contributed by atoms with Gasteiger partial charge in [-0.3, -0.25) is 0 Å². The van der Waals surface area contributed by atoms with Crippen LogP contribution in [0.25, 0.3) is 0 Å². The van der Waals surface area contributed by atoms with Gasteiger partial charge in [-0.15, -0.1) is 4.68 Å². The second-order valence-electron chi connectivity index (χ2n) is 3.23. The van der Waals surface area contributed by atoms with Crippen molar-refractivity contribution in [2.75, 3.05) is 18.9 Å². The molecule has 12 heavy (non-hydrogen) atoms. The number of anilines is 1. The van der Waals surface area contributed by atoms with Crippen LogP contribution in [0.4, 0.5) is 5.69 Å². The van der Waals surface area contributed by atoms with Crippen LogP contribution in [0.5, 0.6) is 0 Å². The minimum absolute atomic E-state index is 0.465. The Morgan fingerprint density at radius 2 is 2.58 bits per heavy atom. The Balaban J connectivity index is 2.25. The first-order valence-electron chi connectivity index (χ1n) is 4.18. The smallest absolute Gasteiger partial charge is 0.218 e. The molecule has 1 aliphatic rings. The summed E-state index contributed by atoms with van der Waals surface area (Å²) in [4.78, 5) is 0. The molecule has 1 aromatic heterocycles. The van der Waals surface area contributed by atoms with Crippen LogP contribution < -0.4 is 10.4 Å². The van der Waals surface area contributed by atoms with E-state index in [-0.39, 0.29) is 0 Å². The summed E-state index contributed by atoms with van der Waals surface area (Å²) in [5, 5.41) is 0. The van der Waals surface area contributed by atoms with Gasteiger partial charge < -0.3 is 10.5 Å². The average Bonchev–Trinajstić information content (AvgIpc) is 2.58. The molecular formula is C8H14N3O+. The summed E-state index contributed by atoms with van der Waals surface area (Å²) in [7, 11) is 1.99. The quantitative estimate of drug-likeness (QED) is 0.593. The lowest BCUT2D eigenvalue weighted by atomic mass is 10.3. The van der Waals surface area contributed by atoms with Crippen molar-refractivity contribution < 1.29 is 9.42 Å². The van der Waals surface area contributed by atoms with Crippen molar-refractivity contribution in [1.29, 1.82) is 0 Å². The van der Waals surface area contributed by atoms with E-state index < -0.39 is 0 Å². The van der Waals surface area contributed by atoms with Crippen LogP contribution in [0, 0.1) is 0 Å². The van der Waals surface area contributed by atoms with E-state index in [0.29, 0.717) is 6.04 Å². The zero-order valence-corrected chi connectivity index (χ0v) is 7.23. The molecule has 1 atom stereocenters. The number of aryl methyl sites for hydroxylation is 1. The van der Waals surface area contributed by atoms with Crippen LogP contribution >= 0.6 is 0 Å². The van der Waals surface area contributed by atoms with Gasteiger partial charge >= 0.3 is 0 Å². The lowest BCUT2D eigenvalue weighted by molar-refractivity contribution is -0.755. The predicted molar refractivity (Wildman–Crippen MR) is 44.5 cm³/mol. The lowest BCUT2D eigenvalue weighted by Gasteiger charge is -2.04. The Morgan fingerprint density at radius 1 is 1.75 bits per heavy atom. The number of nitrogens with zero attached hydrogens (tertiary/aromatic N) is 2. The van der Waals surface area contributed by atoms with E-state index in [1.165, 1.54) is 0 Å². The van der Waals surface area contributed by atoms with Crippen molar-refractivity contribution in [1.82, 2.24) is 4.68 Å². The first-order chi connectivity index (χ1) is 5.77. The van der Waals surface area contributed by atoms with E-state index in [0.717, 1.165) is 25.3 Å². The zero-order chi connectivity index (χ0) is 8.55. The second-order valence-corrected chi connectivity index (χ2v) is 3.23. The predicted octanol–water partition coefficient (Wildman–Crippen LogP) is -0.144. The van der Waals surface area contributed by atoms with Crippen LogP contribution in [-0.2, 0) is 11.8 Å². The summed E-state index contributed by atoms with van der Waals surface area (Å²) in [6.45, 7) is 1.67. The van der Waals surface area contributed by atoms with Gasteiger partial charge in [-0.2, -0.15) is 4.68 Å². The SMILES string of the molecule is C[n+]1cc(N)cn1C1CCOC1. The number of aromatic nitrogens is 2. The van der Waals surface area contributed by atoms with E-state index in [9.17, 15) is 0 Å². The fourth-order valence-corrected chi connectivity index (χ4v) is 1.65. The van der Waals surface area contributed by atoms with E-state index in [1.807, 2.05) is 24.1 Å². The Labute approximate surface area is 71.5 Å². The Hall–Kier alpha value is -1.03. The molecule has 4 heteroatoms. The van der Waals surface area contributed by atoms with Gasteiger partial charge in [-0.25, -0.2) is 0 Å². The third kappa shape index (κ3) is 1.18. The Morgan fingerprint density at radius 3 is 3.08 bits per heavy atom. The van der Waals surface area contributed by atoms with Gasteiger partial charge in [0.2, 0.25) is 6.20 Å². The molecule has 2 N–H and O–H groups in total. The first-order valence-corrected chi connectivity index (χ1v) is 4.18. The van der Waals surface area contributed by atoms with Gasteiger partial charge in [-0.05, 0) is 6.42 Å². The van der Waals surface area contributed by atoms with Gasteiger partial charge in [0, 0.05) is 6.61 Å². The number of hydrogen-bond donors (Lipinski definition) is 1. The summed E-state index contributed by atoms with van der Waals surface area (Å²) in [6.07, 6.45) is 4.96. The summed E-state index contributed by atoms with van der Waals surface area (Å²) < 4.78 is 9.44. The fourth-order valence-electron chi connectivity index (χ4n) is 1.65. The van der Waals surface area contributed by atoms with Gasteiger partial charge in [0.1, 0.15) is 11.7 Å². The molecule has 1 aromatic rings. The topological polar surface area (TPSA) is 44.1 Å². The summed E-state index contributed by atoms with van der Waals surface area (Å²) in [5.41, 5.74) is 6.47. The first kappa shape index (κ1) is 7.61. The van der Waals surface area contributed by atoms with Crippen LogP contribution in [0.15, 0.2) is 12.4 Å². The third-order valence-electron chi connectivity index (χ3n) is 2.26. The highest BCUT2D eigenvalue weighted by atomic mass is 16.5. The van der Waals surface area contributed by atoms with Crippen molar-refractivity contribution in [3.05, 3.63) is 12.4 Å². The molecule has 1 fully saturated rings. The van der Waals surface area contributed by atoms with Crippen LogP contribution in [0.1, 0.15) is 12.5 Å². The van der Waals surface area contributed by atoms with Gasteiger partial charge in [0.25, 0.3) is 0 Å². The monoisotopic (exact) mass is 168 g/mol. The van der Waals surface area contributed by atoms with E-state index in [2.05, 4.69) is 4.68 Å². The molecule has 1 unspecified atom stereocenters. The van der Waals surface area contributed by atoms with Crippen LogP contribution in [0.3, 0.4) is 0 Å². The number of ether oxygens (including phenoxy) is 1. The van der Waals surface area contributed by atoms with Crippen LogP contribution in [0.2, 0.25) is 0 Å². The molecule has 1 aliphatic heterocycles. The van der Waals surface area contributed by atoms with Crippen molar-refractivity contribution in [3.8, 4) is 0 Å². The molecule has 0 aromatic carbocycles. The molecule has 0 aliphatic carbocycles. The summed E-state index contributed by atoms with van der Waals surface area (Å²) in [6, 6.07) is 0.465. The Bertz CT molecular complexity index is 276. The molecular weight excluding hydrogens is 154 g/mol.